The third-order valence-corrected chi connectivity index (χ3v) is 4.09. The van der Waals surface area contributed by atoms with Gasteiger partial charge in [0.05, 0.1) is 5.56 Å². The Kier molecular flexibility index (Phi) is 5.31. The Balaban J connectivity index is 1.65. The maximum Gasteiger partial charge on any atom is 0.343 e. The number of esters is 1. The fourth-order valence-corrected chi connectivity index (χ4v) is 2.86. The van der Waals surface area contributed by atoms with Crippen LogP contribution in [0.5, 0.6) is 5.75 Å². The van der Waals surface area contributed by atoms with E-state index in [0.29, 0.717) is 30.0 Å². The predicted octanol–water partition coefficient (Wildman–Crippen LogP) is 2.99. The van der Waals surface area contributed by atoms with Crippen molar-refractivity contribution in [1.82, 2.24) is 4.90 Å². The molecule has 3 rings (SSSR count). The molecule has 1 fully saturated rings. The molecule has 26 heavy (non-hydrogen) atoms. The predicted molar refractivity (Wildman–Crippen MR) is 96.8 cm³/mol. The molecule has 0 unspecified atom stereocenters. The molecule has 0 radical (unpaired) electrons. The summed E-state index contributed by atoms with van der Waals surface area (Å²) in [5, 5.41) is 2.65. The molecular formula is C20H20N2O4. The van der Waals surface area contributed by atoms with Crippen molar-refractivity contribution in [2.75, 3.05) is 11.9 Å². The van der Waals surface area contributed by atoms with Crippen molar-refractivity contribution in [3.05, 3.63) is 59.7 Å². The molecule has 0 spiro atoms. The van der Waals surface area contributed by atoms with Gasteiger partial charge in [-0.1, -0.05) is 12.1 Å². The van der Waals surface area contributed by atoms with E-state index in [1.165, 1.54) is 6.92 Å². The van der Waals surface area contributed by atoms with Crippen molar-refractivity contribution in [3.8, 4) is 5.75 Å². The number of benzene rings is 2. The first kappa shape index (κ1) is 17.7. The van der Waals surface area contributed by atoms with Crippen molar-refractivity contribution >= 4 is 23.5 Å². The van der Waals surface area contributed by atoms with E-state index in [4.69, 9.17) is 4.74 Å². The Hall–Kier alpha value is -3.15. The molecule has 1 N–H and O–H groups in total. The van der Waals surface area contributed by atoms with E-state index in [0.717, 1.165) is 18.5 Å². The van der Waals surface area contributed by atoms with Gasteiger partial charge in [0.1, 0.15) is 5.75 Å². The number of carbonyl (C=O) groups is 3. The van der Waals surface area contributed by atoms with Crippen LogP contribution in [0.15, 0.2) is 48.5 Å². The van der Waals surface area contributed by atoms with Crippen molar-refractivity contribution in [2.45, 2.75) is 26.3 Å². The minimum absolute atomic E-state index is 0.150. The lowest BCUT2D eigenvalue weighted by Crippen LogP contribution is -2.24. The standard InChI is InChI=1S/C20H20N2O4/c1-14(23)21-17-7-9-18(10-8-17)26-20(25)16-5-2-4-15(12-16)13-22-11-3-6-19(22)24/h2,4-5,7-10,12H,3,6,11,13H2,1H3,(H,21,23). The second-order valence-electron chi connectivity index (χ2n) is 6.21. The maximum atomic E-state index is 12.4. The summed E-state index contributed by atoms with van der Waals surface area (Å²) in [5.41, 5.74) is 1.96. The summed E-state index contributed by atoms with van der Waals surface area (Å²) in [6.45, 7) is 2.69. The lowest BCUT2D eigenvalue weighted by molar-refractivity contribution is -0.128. The number of rotatable bonds is 5. The summed E-state index contributed by atoms with van der Waals surface area (Å²) >= 11 is 0. The van der Waals surface area contributed by atoms with Crippen molar-refractivity contribution in [1.29, 1.82) is 0 Å². The number of hydrogen-bond acceptors (Lipinski definition) is 4. The molecule has 6 nitrogen and oxygen atoms in total. The van der Waals surface area contributed by atoms with Gasteiger partial charge in [0.2, 0.25) is 11.8 Å². The summed E-state index contributed by atoms with van der Waals surface area (Å²) in [6.07, 6.45) is 1.48. The molecule has 1 aliphatic heterocycles. The first-order valence-corrected chi connectivity index (χ1v) is 8.48. The number of nitrogens with zero attached hydrogens (tertiary/aromatic N) is 1. The van der Waals surface area contributed by atoms with Crippen LogP contribution in [-0.4, -0.2) is 29.2 Å². The molecule has 2 aromatic carbocycles. The van der Waals surface area contributed by atoms with E-state index in [9.17, 15) is 14.4 Å². The first-order chi connectivity index (χ1) is 12.5. The lowest BCUT2D eigenvalue weighted by Gasteiger charge is -2.15. The zero-order valence-electron chi connectivity index (χ0n) is 14.5. The summed E-state index contributed by atoms with van der Waals surface area (Å²) in [4.78, 5) is 36.9. The molecule has 0 atom stereocenters. The molecule has 1 saturated heterocycles. The average molecular weight is 352 g/mol. The van der Waals surface area contributed by atoms with Crippen molar-refractivity contribution in [3.63, 3.8) is 0 Å². The highest BCUT2D eigenvalue weighted by Crippen LogP contribution is 2.19. The second-order valence-corrected chi connectivity index (χ2v) is 6.21. The van der Waals surface area contributed by atoms with Crippen LogP contribution in [0.3, 0.4) is 0 Å². The van der Waals surface area contributed by atoms with E-state index < -0.39 is 5.97 Å². The quantitative estimate of drug-likeness (QED) is 0.663. The molecule has 0 aromatic heterocycles. The smallest absolute Gasteiger partial charge is 0.343 e. The molecule has 1 heterocycles. The third kappa shape index (κ3) is 4.47. The Labute approximate surface area is 151 Å². The van der Waals surface area contributed by atoms with Gasteiger partial charge in [-0.05, 0) is 48.4 Å². The van der Waals surface area contributed by atoms with Gasteiger partial charge in [-0.2, -0.15) is 0 Å². The highest BCUT2D eigenvalue weighted by molar-refractivity contribution is 5.91. The zero-order chi connectivity index (χ0) is 18.5. The number of nitrogens with one attached hydrogen (secondary N) is 1. The molecule has 0 saturated carbocycles. The van der Waals surface area contributed by atoms with Crippen LogP contribution in [-0.2, 0) is 16.1 Å². The minimum atomic E-state index is -0.466. The van der Waals surface area contributed by atoms with Gasteiger partial charge in [0, 0.05) is 32.1 Å². The van der Waals surface area contributed by atoms with E-state index in [1.807, 2.05) is 6.07 Å². The maximum absolute atomic E-state index is 12.4. The van der Waals surface area contributed by atoms with Gasteiger partial charge in [-0.25, -0.2) is 4.79 Å². The number of amides is 2. The highest BCUT2D eigenvalue weighted by atomic mass is 16.5. The third-order valence-electron chi connectivity index (χ3n) is 4.09. The van der Waals surface area contributed by atoms with Gasteiger partial charge in [-0.3, -0.25) is 9.59 Å². The van der Waals surface area contributed by atoms with Crippen LogP contribution >= 0.6 is 0 Å². The number of likely N-dealkylation sites (tertiary alicyclic amines) is 1. The molecule has 0 bridgehead atoms. The molecule has 0 aliphatic carbocycles. The summed E-state index contributed by atoms with van der Waals surface area (Å²) in [6, 6.07) is 13.7. The van der Waals surface area contributed by atoms with Crippen LogP contribution in [0, 0.1) is 0 Å². The summed E-state index contributed by atoms with van der Waals surface area (Å²) in [5.74, 6) is -0.0867. The van der Waals surface area contributed by atoms with Gasteiger partial charge in [0.25, 0.3) is 0 Å². The van der Waals surface area contributed by atoms with E-state index in [2.05, 4.69) is 5.32 Å². The van der Waals surface area contributed by atoms with Crippen LogP contribution in [0.25, 0.3) is 0 Å². The normalized spacial score (nSPS) is 13.6. The Morgan fingerprint density at radius 2 is 1.92 bits per heavy atom. The van der Waals surface area contributed by atoms with E-state index in [-0.39, 0.29) is 11.8 Å². The average Bonchev–Trinajstić information content (AvgIpc) is 3.01. The highest BCUT2D eigenvalue weighted by Gasteiger charge is 2.20. The topological polar surface area (TPSA) is 75.7 Å². The molecule has 1 aliphatic rings. The van der Waals surface area contributed by atoms with E-state index in [1.54, 1.807) is 47.4 Å². The van der Waals surface area contributed by atoms with Gasteiger partial charge < -0.3 is 15.0 Å². The lowest BCUT2D eigenvalue weighted by atomic mass is 10.1. The van der Waals surface area contributed by atoms with Crippen molar-refractivity contribution < 1.29 is 19.1 Å². The van der Waals surface area contributed by atoms with Gasteiger partial charge >= 0.3 is 5.97 Å². The molecule has 6 heteroatoms. The van der Waals surface area contributed by atoms with E-state index >= 15 is 0 Å². The Morgan fingerprint density at radius 3 is 2.58 bits per heavy atom. The number of ether oxygens (including phenoxy) is 1. The second kappa shape index (κ2) is 7.82. The fraction of sp³-hybridized carbons (Fsp3) is 0.250. The van der Waals surface area contributed by atoms with Crippen LogP contribution in [0.2, 0.25) is 0 Å². The number of anilines is 1. The monoisotopic (exact) mass is 352 g/mol. The zero-order valence-corrected chi connectivity index (χ0v) is 14.5. The van der Waals surface area contributed by atoms with Crippen LogP contribution in [0.1, 0.15) is 35.7 Å². The van der Waals surface area contributed by atoms with Gasteiger partial charge in [-0.15, -0.1) is 0 Å². The number of hydrogen-bond donors (Lipinski definition) is 1. The Morgan fingerprint density at radius 1 is 1.15 bits per heavy atom. The summed E-state index contributed by atoms with van der Waals surface area (Å²) < 4.78 is 5.37. The number of carbonyl (C=O) groups excluding carboxylic acids is 3. The Bertz CT molecular complexity index is 830. The molecule has 2 aromatic rings. The summed E-state index contributed by atoms with van der Waals surface area (Å²) in [7, 11) is 0. The largest absolute Gasteiger partial charge is 0.423 e. The molecular weight excluding hydrogens is 332 g/mol. The fourth-order valence-electron chi connectivity index (χ4n) is 2.86. The van der Waals surface area contributed by atoms with Gasteiger partial charge in [0.15, 0.2) is 0 Å². The van der Waals surface area contributed by atoms with Crippen LogP contribution in [0.4, 0.5) is 5.69 Å². The SMILES string of the molecule is CC(=O)Nc1ccc(OC(=O)c2cccc(CN3CCCC3=O)c2)cc1. The van der Waals surface area contributed by atoms with Crippen molar-refractivity contribution in [2.24, 2.45) is 0 Å². The van der Waals surface area contributed by atoms with Crippen LogP contribution < -0.4 is 10.1 Å². The molecule has 2 amide bonds. The first-order valence-electron chi connectivity index (χ1n) is 8.48. The minimum Gasteiger partial charge on any atom is -0.423 e. The molecule has 134 valence electrons.